The van der Waals surface area contributed by atoms with Crippen molar-refractivity contribution in [1.29, 1.82) is 0 Å². The van der Waals surface area contributed by atoms with Crippen molar-refractivity contribution in [1.82, 2.24) is 4.98 Å². The summed E-state index contributed by atoms with van der Waals surface area (Å²) in [4.78, 5) is 15.3. The molecular weight excluding hydrogens is 316 g/mol. The highest BCUT2D eigenvalue weighted by atomic mass is 32.1. The fourth-order valence-corrected chi connectivity index (χ4v) is 3.23. The summed E-state index contributed by atoms with van der Waals surface area (Å²) in [7, 11) is 0. The molecule has 1 aliphatic rings. The van der Waals surface area contributed by atoms with Crippen LogP contribution in [-0.4, -0.2) is 16.7 Å². The molecule has 0 bridgehead atoms. The first-order chi connectivity index (χ1) is 11.2. The van der Waals surface area contributed by atoms with Crippen LogP contribution < -0.4 is 9.47 Å². The molecule has 0 spiro atoms. The molecule has 0 unspecified atom stereocenters. The minimum atomic E-state index is -0.431. The lowest BCUT2D eigenvalue weighted by Gasteiger charge is -2.00. The van der Waals surface area contributed by atoms with Gasteiger partial charge in [-0.05, 0) is 30.4 Å². The Balaban J connectivity index is 1.74. The number of ether oxygens (including phenoxy) is 2. The van der Waals surface area contributed by atoms with Crippen LogP contribution in [0.3, 0.4) is 0 Å². The van der Waals surface area contributed by atoms with Gasteiger partial charge in [-0.1, -0.05) is 12.1 Å². The molecule has 4 rings (SSSR count). The van der Waals surface area contributed by atoms with Crippen molar-refractivity contribution in [2.45, 2.75) is 0 Å². The van der Waals surface area contributed by atoms with E-state index in [4.69, 9.17) is 9.47 Å². The van der Waals surface area contributed by atoms with Crippen LogP contribution in [-0.2, 0) is 0 Å². The van der Waals surface area contributed by atoms with E-state index in [1.807, 2.05) is 24.3 Å². The van der Waals surface area contributed by atoms with E-state index in [1.165, 1.54) is 17.4 Å². The van der Waals surface area contributed by atoms with Crippen LogP contribution in [0.4, 0.5) is 5.69 Å². The molecule has 2 aromatic carbocycles. The van der Waals surface area contributed by atoms with E-state index in [1.54, 1.807) is 18.2 Å². The highest BCUT2D eigenvalue weighted by Crippen LogP contribution is 2.38. The Kier molecular flexibility index (Phi) is 3.20. The molecule has 2 heterocycles. The van der Waals surface area contributed by atoms with Crippen molar-refractivity contribution in [2.24, 2.45) is 0 Å². The third kappa shape index (κ3) is 2.51. The average molecular weight is 326 g/mol. The number of fused-ring (bicyclic) bond motifs is 2. The summed E-state index contributed by atoms with van der Waals surface area (Å²) >= 11 is 1.53. The molecule has 0 aliphatic carbocycles. The molecule has 23 heavy (non-hydrogen) atoms. The van der Waals surface area contributed by atoms with Crippen LogP contribution in [0.25, 0.3) is 22.4 Å². The zero-order valence-electron chi connectivity index (χ0n) is 11.8. The molecule has 7 heteroatoms. The molecule has 0 atom stereocenters. The first-order valence-electron chi connectivity index (χ1n) is 6.82. The molecule has 0 fully saturated rings. The van der Waals surface area contributed by atoms with Crippen molar-refractivity contribution in [2.75, 3.05) is 6.79 Å². The Morgan fingerprint density at radius 3 is 2.74 bits per heavy atom. The highest BCUT2D eigenvalue weighted by molar-refractivity contribution is 7.19. The fraction of sp³-hybridized carbons (Fsp3) is 0.0625. The van der Waals surface area contributed by atoms with Crippen molar-refractivity contribution in [3.8, 4) is 11.5 Å². The number of benzene rings is 2. The van der Waals surface area contributed by atoms with Gasteiger partial charge in [-0.2, -0.15) is 0 Å². The number of nitro groups is 1. The Hall–Kier alpha value is -2.93. The Morgan fingerprint density at radius 1 is 1.17 bits per heavy atom. The number of para-hydroxylation sites is 1. The molecule has 114 valence electrons. The smallest absolute Gasteiger partial charge is 0.280 e. The van der Waals surface area contributed by atoms with E-state index in [2.05, 4.69) is 4.98 Å². The van der Waals surface area contributed by atoms with Gasteiger partial charge in [0.15, 0.2) is 11.5 Å². The Morgan fingerprint density at radius 2 is 1.96 bits per heavy atom. The van der Waals surface area contributed by atoms with Gasteiger partial charge in [-0.15, -0.1) is 11.3 Å². The minimum absolute atomic E-state index is 0.0217. The first kappa shape index (κ1) is 13.7. The van der Waals surface area contributed by atoms with E-state index < -0.39 is 4.92 Å². The highest BCUT2D eigenvalue weighted by Gasteiger charge is 2.22. The molecule has 0 radical (unpaired) electrons. The predicted octanol–water partition coefficient (Wildman–Crippen LogP) is 4.10. The Bertz CT molecular complexity index is 915. The number of nitro benzene ring substituents is 1. The van der Waals surface area contributed by atoms with Gasteiger partial charge < -0.3 is 9.47 Å². The van der Waals surface area contributed by atoms with Crippen LogP contribution in [0.1, 0.15) is 10.6 Å². The van der Waals surface area contributed by atoms with Gasteiger partial charge in [0.2, 0.25) is 6.79 Å². The summed E-state index contributed by atoms with van der Waals surface area (Å²) in [6.45, 7) is 0.0809. The van der Waals surface area contributed by atoms with E-state index in [0.717, 1.165) is 15.2 Å². The zero-order chi connectivity index (χ0) is 15.8. The lowest BCUT2D eigenvalue weighted by Crippen LogP contribution is -1.93. The van der Waals surface area contributed by atoms with Gasteiger partial charge in [0.1, 0.15) is 5.01 Å². The second-order valence-corrected chi connectivity index (χ2v) is 5.94. The maximum absolute atomic E-state index is 11.2. The van der Waals surface area contributed by atoms with E-state index in [9.17, 15) is 10.1 Å². The monoisotopic (exact) mass is 326 g/mol. The van der Waals surface area contributed by atoms with Gasteiger partial charge in [-0.25, -0.2) is 4.98 Å². The van der Waals surface area contributed by atoms with Gasteiger partial charge in [0.05, 0.1) is 26.8 Å². The normalized spacial score (nSPS) is 13.0. The van der Waals surface area contributed by atoms with Crippen molar-refractivity contribution < 1.29 is 14.4 Å². The molecule has 6 nitrogen and oxygen atoms in total. The van der Waals surface area contributed by atoms with E-state index in [-0.39, 0.29) is 12.5 Å². The molecule has 1 aromatic heterocycles. The number of aromatic nitrogens is 1. The van der Waals surface area contributed by atoms with E-state index in [0.29, 0.717) is 17.1 Å². The molecular formula is C16H10N2O4S. The van der Waals surface area contributed by atoms with Crippen molar-refractivity contribution in [3.63, 3.8) is 0 Å². The number of thiazole rings is 1. The third-order valence-electron chi connectivity index (χ3n) is 3.43. The number of hydrogen-bond donors (Lipinski definition) is 0. The summed E-state index contributed by atoms with van der Waals surface area (Å²) in [5.41, 5.74) is 1.35. The maximum atomic E-state index is 11.2. The summed E-state index contributed by atoms with van der Waals surface area (Å²) in [5.74, 6) is 0.911. The van der Waals surface area contributed by atoms with Gasteiger partial charge in [0, 0.05) is 0 Å². The fourth-order valence-electron chi connectivity index (χ4n) is 2.36. The summed E-state index contributed by atoms with van der Waals surface area (Å²) in [6.07, 6.45) is 3.45. The number of nitrogens with zero attached hydrogens (tertiary/aromatic N) is 2. The molecule has 3 aromatic rings. The molecule has 0 saturated heterocycles. The third-order valence-corrected chi connectivity index (χ3v) is 4.44. The molecule has 1 aliphatic heterocycles. The lowest BCUT2D eigenvalue weighted by atomic mass is 10.1. The van der Waals surface area contributed by atoms with Gasteiger partial charge in [0.25, 0.3) is 5.69 Å². The summed E-state index contributed by atoms with van der Waals surface area (Å²) in [6, 6.07) is 10.8. The topological polar surface area (TPSA) is 74.5 Å². The van der Waals surface area contributed by atoms with Crippen LogP contribution in [0.2, 0.25) is 0 Å². The van der Waals surface area contributed by atoms with E-state index >= 15 is 0 Å². The quantitative estimate of drug-likeness (QED) is 0.535. The SMILES string of the molecule is O=[N+]([O-])c1cc2c(cc1C=Cc1nc3ccccc3s1)OCO2. The largest absolute Gasteiger partial charge is 0.454 e. The number of hydrogen-bond acceptors (Lipinski definition) is 6. The first-order valence-corrected chi connectivity index (χ1v) is 7.64. The summed E-state index contributed by atoms with van der Waals surface area (Å²) < 4.78 is 11.5. The molecule has 0 amide bonds. The second kappa shape index (κ2) is 5.36. The Labute approximate surface area is 134 Å². The predicted molar refractivity (Wildman–Crippen MR) is 87.8 cm³/mol. The van der Waals surface area contributed by atoms with Crippen LogP contribution in [0, 0.1) is 10.1 Å². The van der Waals surface area contributed by atoms with Crippen LogP contribution >= 0.6 is 11.3 Å². The summed E-state index contributed by atoms with van der Waals surface area (Å²) in [5, 5.41) is 12.0. The van der Waals surface area contributed by atoms with Crippen molar-refractivity contribution in [3.05, 3.63) is 57.1 Å². The van der Waals surface area contributed by atoms with Crippen molar-refractivity contribution >= 4 is 39.4 Å². The zero-order valence-corrected chi connectivity index (χ0v) is 12.6. The number of rotatable bonds is 3. The van der Waals surface area contributed by atoms with Crippen LogP contribution in [0.5, 0.6) is 11.5 Å². The molecule has 0 saturated carbocycles. The van der Waals surface area contributed by atoms with Gasteiger partial charge >= 0.3 is 0 Å². The lowest BCUT2D eigenvalue weighted by molar-refractivity contribution is -0.385. The minimum Gasteiger partial charge on any atom is -0.454 e. The molecule has 0 N–H and O–H groups in total. The maximum Gasteiger partial charge on any atom is 0.280 e. The average Bonchev–Trinajstić information content (AvgIpc) is 3.17. The standard InChI is InChI=1S/C16H10N2O4S/c19-18(20)12-8-14-13(21-9-22-14)7-10(12)5-6-16-17-11-3-1-2-4-15(11)23-16/h1-8H,9H2. The van der Waals surface area contributed by atoms with Crippen LogP contribution in [0.15, 0.2) is 36.4 Å². The second-order valence-electron chi connectivity index (χ2n) is 4.87. The van der Waals surface area contributed by atoms with Gasteiger partial charge in [-0.3, -0.25) is 10.1 Å².